The Morgan fingerprint density at radius 1 is 1.35 bits per heavy atom. The van der Waals surface area contributed by atoms with Gasteiger partial charge < -0.3 is 20.4 Å². The van der Waals surface area contributed by atoms with Crippen molar-refractivity contribution in [2.75, 3.05) is 20.1 Å². The van der Waals surface area contributed by atoms with Crippen molar-refractivity contribution in [2.45, 2.75) is 32.7 Å². The molecule has 144 valence electrons. The number of aromatic amines is 1. The number of nitrogens with one attached hydrogen (secondary N) is 4. The minimum Gasteiger partial charge on any atom is -0.461 e. The molecule has 26 heavy (non-hydrogen) atoms. The second-order valence-corrected chi connectivity index (χ2v) is 6.48. The van der Waals surface area contributed by atoms with Gasteiger partial charge in [0.15, 0.2) is 11.7 Å². The quantitative estimate of drug-likeness (QED) is 0.284. The summed E-state index contributed by atoms with van der Waals surface area (Å²) in [5, 5.41) is 16.0. The summed E-state index contributed by atoms with van der Waals surface area (Å²) in [7, 11) is 1.65. The summed E-state index contributed by atoms with van der Waals surface area (Å²) in [5.74, 6) is 2.35. The third-order valence-electron chi connectivity index (χ3n) is 3.08. The molecule has 0 saturated heterocycles. The molecule has 0 saturated carbocycles. The number of halogens is 1. The highest BCUT2D eigenvalue weighted by molar-refractivity contribution is 14.0. The zero-order valence-electron chi connectivity index (χ0n) is 15.4. The van der Waals surface area contributed by atoms with Crippen LogP contribution in [0.15, 0.2) is 27.8 Å². The number of H-pyrrole nitrogens is 1. The van der Waals surface area contributed by atoms with Gasteiger partial charge in [-0.25, -0.2) is 4.98 Å². The van der Waals surface area contributed by atoms with Crippen LogP contribution in [0.2, 0.25) is 0 Å². The second kappa shape index (κ2) is 10.1. The van der Waals surface area contributed by atoms with E-state index in [9.17, 15) is 4.79 Å². The summed E-state index contributed by atoms with van der Waals surface area (Å²) in [6.45, 7) is 6.56. The standard InChI is InChI=1S/C16H25N7O2.HI/c1-16(2,3)21-13(24)10-19-15(17-4)18-8-7-12-20-14(23-22-12)11-6-5-9-25-11;/h5-6,9H,7-8,10H2,1-4H3,(H,21,24)(H2,17,18,19)(H,20,22,23);1H. The van der Waals surface area contributed by atoms with Gasteiger partial charge in [-0.15, -0.1) is 24.0 Å². The first-order valence-electron chi connectivity index (χ1n) is 8.08. The zero-order valence-corrected chi connectivity index (χ0v) is 17.8. The van der Waals surface area contributed by atoms with Crippen LogP contribution in [-0.2, 0) is 11.2 Å². The minimum atomic E-state index is -0.256. The number of carbonyl (C=O) groups is 1. The molecule has 0 atom stereocenters. The monoisotopic (exact) mass is 475 g/mol. The molecule has 1 amide bonds. The molecule has 0 bridgehead atoms. The van der Waals surface area contributed by atoms with Crippen molar-refractivity contribution in [1.82, 2.24) is 31.1 Å². The maximum absolute atomic E-state index is 11.8. The third-order valence-corrected chi connectivity index (χ3v) is 3.08. The Kier molecular flexibility index (Phi) is 8.55. The highest BCUT2D eigenvalue weighted by Gasteiger charge is 2.13. The van der Waals surface area contributed by atoms with Gasteiger partial charge in [-0.3, -0.25) is 14.9 Å². The van der Waals surface area contributed by atoms with Crippen molar-refractivity contribution in [3.8, 4) is 11.6 Å². The Hall–Kier alpha value is -2.11. The SMILES string of the molecule is CN=C(NCCc1nc(-c2ccco2)n[nH]1)NCC(=O)NC(C)(C)C.I. The van der Waals surface area contributed by atoms with Crippen LogP contribution in [0, 0.1) is 0 Å². The summed E-state index contributed by atoms with van der Waals surface area (Å²) >= 11 is 0. The Morgan fingerprint density at radius 2 is 2.12 bits per heavy atom. The summed E-state index contributed by atoms with van der Waals surface area (Å²) in [6, 6.07) is 3.60. The smallest absolute Gasteiger partial charge is 0.239 e. The summed E-state index contributed by atoms with van der Waals surface area (Å²) < 4.78 is 5.25. The van der Waals surface area contributed by atoms with Crippen molar-refractivity contribution in [2.24, 2.45) is 4.99 Å². The number of aliphatic imine (C=N–C) groups is 1. The fourth-order valence-electron chi connectivity index (χ4n) is 2.07. The van der Waals surface area contributed by atoms with E-state index < -0.39 is 0 Å². The van der Waals surface area contributed by atoms with Crippen molar-refractivity contribution >= 4 is 35.8 Å². The molecule has 9 nitrogen and oxygen atoms in total. The molecule has 0 spiro atoms. The molecule has 0 aliphatic rings. The maximum Gasteiger partial charge on any atom is 0.239 e. The van der Waals surface area contributed by atoms with E-state index in [0.29, 0.717) is 30.5 Å². The molecule has 2 heterocycles. The lowest BCUT2D eigenvalue weighted by Gasteiger charge is -2.21. The number of aromatic nitrogens is 3. The van der Waals surface area contributed by atoms with Gasteiger partial charge in [0.05, 0.1) is 12.8 Å². The first-order valence-corrected chi connectivity index (χ1v) is 8.08. The van der Waals surface area contributed by atoms with Gasteiger partial charge in [0.1, 0.15) is 5.82 Å². The Morgan fingerprint density at radius 3 is 2.73 bits per heavy atom. The average Bonchev–Trinajstić information content (AvgIpc) is 3.19. The molecule has 0 aromatic carbocycles. The van der Waals surface area contributed by atoms with Gasteiger partial charge in [-0.2, -0.15) is 5.10 Å². The fraction of sp³-hybridized carbons (Fsp3) is 0.500. The van der Waals surface area contributed by atoms with Gasteiger partial charge >= 0.3 is 0 Å². The van der Waals surface area contributed by atoms with E-state index in [1.807, 2.05) is 20.8 Å². The van der Waals surface area contributed by atoms with Gasteiger partial charge in [-0.1, -0.05) is 0 Å². The molecule has 0 aliphatic heterocycles. The van der Waals surface area contributed by atoms with Crippen LogP contribution in [0.25, 0.3) is 11.6 Å². The van der Waals surface area contributed by atoms with Crippen molar-refractivity contribution in [1.29, 1.82) is 0 Å². The van der Waals surface area contributed by atoms with E-state index in [0.717, 1.165) is 5.82 Å². The summed E-state index contributed by atoms with van der Waals surface area (Å²) in [4.78, 5) is 20.3. The lowest BCUT2D eigenvalue weighted by Crippen LogP contribution is -2.48. The molecule has 10 heteroatoms. The molecule has 2 aromatic rings. The third kappa shape index (κ3) is 7.42. The summed E-state index contributed by atoms with van der Waals surface area (Å²) in [5.41, 5.74) is -0.256. The van der Waals surface area contributed by atoms with Crippen LogP contribution in [-0.4, -0.2) is 52.7 Å². The fourth-order valence-corrected chi connectivity index (χ4v) is 2.07. The van der Waals surface area contributed by atoms with E-state index >= 15 is 0 Å². The van der Waals surface area contributed by atoms with Gasteiger partial charge in [0.25, 0.3) is 0 Å². The van der Waals surface area contributed by atoms with Gasteiger partial charge in [0.2, 0.25) is 11.7 Å². The van der Waals surface area contributed by atoms with Gasteiger partial charge in [0, 0.05) is 25.6 Å². The molecular weight excluding hydrogens is 449 g/mol. The zero-order chi connectivity index (χ0) is 18.3. The van der Waals surface area contributed by atoms with E-state index in [-0.39, 0.29) is 42.0 Å². The number of furan rings is 1. The molecule has 2 rings (SSSR count). The molecule has 4 N–H and O–H groups in total. The number of guanidine groups is 1. The largest absolute Gasteiger partial charge is 0.461 e. The van der Waals surface area contributed by atoms with Crippen LogP contribution in [0.1, 0.15) is 26.6 Å². The summed E-state index contributed by atoms with van der Waals surface area (Å²) in [6.07, 6.45) is 2.21. The lowest BCUT2D eigenvalue weighted by atomic mass is 10.1. The second-order valence-electron chi connectivity index (χ2n) is 6.48. The van der Waals surface area contributed by atoms with Crippen LogP contribution in [0.4, 0.5) is 0 Å². The molecule has 0 fully saturated rings. The van der Waals surface area contributed by atoms with Crippen molar-refractivity contribution < 1.29 is 9.21 Å². The number of carbonyl (C=O) groups excluding carboxylic acids is 1. The van der Waals surface area contributed by atoms with Crippen LogP contribution < -0.4 is 16.0 Å². The van der Waals surface area contributed by atoms with E-state index in [4.69, 9.17) is 4.42 Å². The number of hydrogen-bond donors (Lipinski definition) is 4. The molecule has 2 aromatic heterocycles. The van der Waals surface area contributed by atoms with E-state index in [1.54, 1.807) is 25.4 Å². The van der Waals surface area contributed by atoms with E-state index in [1.165, 1.54) is 0 Å². The van der Waals surface area contributed by atoms with Crippen molar-refractivity contribution in [3.63, 3.8) is 0 Å². The van der Waals surface area contributed by atoms with Crippen LogP contribution in [0.5, 0.6) is 0 Å². The Balaban J connectivity index is 0.00000338. The molecule has 0 unspecified atom stereocenters. The number of hydrogen-bond acceptors (Lipinski definition) is 5. The first kappa shape index (κ1) is 21.9. The van der Waals surface area contributed by atoms with Crippen LogP contribution >= 0.6 is 24.0 Å². The number of amides is 1. The predicted octanol–water partition coefficient (Wildman–Crippen LogP) is 1.30. The number of rotatable bonds is 6. The normalized spacial score (nSPS) is 11.6. The Labute approximate surface area is 169 Å². The molecule has 0 aliphatic carbocycles. The average molecular weight is 475 g/mol. The van der Waals surface area contributed by atoms with Crippen LogP contribution in [0.3, 0.4) is 0 Å². The molecule has 0 radical (unpaired) electrons. The number of nitrogens with zero attached hydrogens (tertiary/aromatic N) is 3. The highest BCUT2D eigenvalue weighted by atomic mass is 127. The van der Waals surface area contributed by atoms with Gasteiger partial charge in [-0.05, 0) is 32.9 Å². The maximum atomic E-state index is 11.8. The Bertz CT molecular complexity index is 705. The minimum absolute atomic E-state index is 0. The van der Waals surface area contributed by atoms with E-state index in [2.05, 4.69) is 36.1 Å². The van der Waals surface area contributed by atoms with Crippen molar-refractivity contribution in [3.05, 3.63) is 24.2 Å². The highest BCUT2D eigenvalue weighted by Crippen LogP contribution is 2.14. The lowest BCUT2D eigenvalue weighted by molar-refractivity contribution is -0.121. The topological polar surface area (TPSA) is 120 Å². The molecular formula is C16H26IN7O2. The first-order chi connectivity index (χ1) is 11.9. The predicted molar refractivity (Wildman–Crippen MR) is 110 cm³/mol.